The Bertz CT molecular complexity index is 1090. The molecule has 0 unspecified atom stereocenters. The summed E-state index contributed by atoms with van der Waals surface area (Å²) >= 11 is 0. The smallest absolute Gasteiger partial charge is 0.344 e. The van der Waals surface area contributed by atoms with Crippen molar-refractivity contribution >= 4 is 28.8 Å². The van der Waals surface area contributed by atoms with E-state index in [2.05, 4.69) is 15.3 Å². The van der Waals surface area contributed by atoms with Gasteiger partial charge in [-0.1, -0.05) is 0 Å². The summed E-state index contributed by atoms with van der Waals surface area (Å²) in [5.74, 6) is -0.839. The zero-order valence-electron chi connectivity index (χ0n) is 15.2. The minimum atomic E-state index is -0.730. The second kappa shape index (κ2) is 8.30. The number of carbonyl (C=O) groups excluding carboxylic acids is 2. The van der Waals surface area contributed by atoms with E-state index in [0.717, 1.165) is 10.9 Å². The van der Waals surface area contributed by atoms with E-state index in [1.807, 2.05) is 0 Å². The van der Waals surface area contributed by atoms with E-state index in [-0.39, 0.29) is 5.95 Å². The Balaban J connectivity index is 1.51. The molecule has 1 amide bonds. The number of amides is 1. The molecule has 1 N–H and O–H groups in total. The van der Waals surface area contributed by atoms with E-state index < -0.39 is 30.7 Å². The van der Waals surface area contributed by atoms with Crippen LogP contribution in [0.3, 0.4) is 0 Å². The Hall–Kier alpha value is -3.75. The molecule has 0 saturated carbocycles. The molecule has 0 aliphatic rings. The van der Waals surface area contributed by atoms with Crippen LogP contribution in [0.15, 0.2) is 45.7 Å². The Morgan fingerprint density at radius 1 is 1.14 bits per heavy atom. The lowest BCUT2D eigenvalue weighted by Gasteiger charge is -2.08. The van der Waals surface area contributed by atoms with E-state index in [9.17, 15) is 14.4 Å². The van der Waals surface area contributed by atoms with Crippen molar-refractivity contribution in [2.75, 3.05) is 18.5 Å². The van der Waals surface area contributed by atoms with Crippen molar-refractivity contribution in [3.8, 4) is 5.75 Å². The number of hydrogen-bond donors (Lipinski definition) is 1. The van der Waals surface area contributed by atoms with Crippen LogP contribution in [0, 0.1) is 13.8 Å². The van der Waals surface area contributed by atoms with Crippen molar-refractivity contribution in [3.05, 3.63) is 58.2 Å². The van der Waals surface area contributed by atoms with Crippen LogP contribution < -0.4 is 15.7 Å². The van der Waals surface area contributed by atoms with Gasteiger partial charge in [-0.15, -0.1) is 0 Å². The van der Waals surface area contributed by atoms with Gasteiger partial charge in [-0.2, -0.15) is 0 Å². The van der Waals surface area contributed by atoms with Gasteiger partial charge >= 0.3 is 11.6 Å². The Kier molecular flexibility index (Phi) is 5.64. The summed E-state index contributed by atoms with van der Waals surface area (Å²) in [7, 11) is 0. The van der Waals surface area contributed by atoms with Crippen LogP contribution in [-0.2, 0) is 14.3 Å². The molecule has 2 aromatic heterocycles. The Morgan fingerprint density at radius 3 is 2.75 bits per heavy atom. The minimum Gasteiger partial charge on any atom is -0.482 e. The average Bonchev–Trinajstić information content (AvgIpc) is 2.64. The minimum absolute atomic E-state index is 0.130. The molecular weight excluding hydrogens is 366 g/mol. The number of nitrogens with zero attached hydrogens (tertiary/aromatic N) is 2. The van der Waals surface area contributed by atoms with Crippen LogP contribution >= 0.6 is 0 Å². The molecule has 0 radical (unpaired) electrons. The SMILES string of the molecule is Cc1ccnc(NC(=O)COC(=O)COc2ccc3c(C)cc(=O)oc3c2)n1. The largest absolute Gasteiger partial charge is 0.482 e. The number of aryl methyl sites for hydroxylation is 2. The van der Waals surface area contributed by atoms with E-state index in [4.69, 9.17) is 13.9 Å². The van der Waals surface area contributed by atoms with Crippen LogP contribution in [0.4, 0.5) is 5.95 Å². The molecule has 28 heavy (non-hydrogen) atoms. The molecular formula is C19H17N3O6. The third kappa shape index (κ3) is 4.91. The molecule has 0 aliphatic carbocycles. The normalized spacial score (nSPS) is 10.5. The molecule has 2 heterocycles. The number of hydrogen-bond acceptors (Lipinski definition) is 8. The van der Waals surface area contributed by atoms with Gasteiger partial charge in [0.25, 0.3) is 5.91 Å². The third-order valence-electron chi connectivity index (χ3n) is 3.69. The second-order valence-electron chi connectivity index (χ2n) is 5.93. The summed E-state index contributed by atoms with van der Waals surface area (Å²) in [5.41, 5.74) is 1.36. The van der Waals surface area contributed by atoms with Gasteiger partial charge in [0.15, 0.2) is 13.2 Å². The van der Waals surface area contributed by atoms with E-state index in [0.29, 0.717) is 17.0 Å². The molecule has 0 aliphatic heterocycles. The summed E-state index contributed by atoms with van der Waals surface area (Å²) < 4.78 is 15.3. The molecule has 0 saturated heterocycles. The fourth-order valence-electron chi connectivity index (χ4n) is 2.39. The van der Waals surface area contributed by atoms with Gasteiger partial charge in [0.1, 0.15) is 11.3 Å². The molecule has 144 valence electrons. The Labute approximate surface area is 159 Å². The van der Waals surface area contributed by atoms with Crippen LogP contribution in [0.2, 0.25) is 0 Å². The number of nitrogens with one attached hydrogen (secondary N) is 1. The number of rotatable bonds is 6. The molecule has 1 aromatic carbocycles. The average molecular weight is 383 g/mol. The lowest BCUT2D eigenvalue weighted by Crippen LogP contribution is -2.24. The maximum absolute atomic E-state index is 11.8. The van der Waals surface area contributed by atoms with Gasteiger partial charge in [-0.3, -0.25) is 10.1 Å². The molecule has 3 rings (SSSR count). The number of carbonyl (C=O) groups is 2. The number of fused-ring (bicyclic) bond motifs is 1. The molecule has 0 atom stereocenters. The van der Waals surface area contributed by atoms with Gasteiger partial charge in [0.2, 0.25) is 5.95 Å². The second-order valence-corrected chi connectivity index (χ2v) is 5.93. The van der Waals surface area contributed by atoms with Gasteiger partial charge in [-0.25, -0.2) is 19.6 Å². The number of esters is 1. The van der Waals surface area contributed by atoms with Crippen molar-refractivity contribution in [2.24, 2.45) is 0 Å². The zero-order chi connectivity index (χ0) is 20.1. The van der Waals surface area contributed by atoms with Gasteiger partial charge in [0.05, 0.1) is 0 Å². The van der Waals surface area contributed by atoms with E-state index >= 15 is 0 Å². The van der Waals surface area contributed by atoms with Crippen molar-refractivity contribution < 1.29 is 23.5 Å². The molecule has 9 nitrogen and oxygen atoms in total. The first kappa shape index (κ1) is 19.0. The molecule has 0 fully saturated rings. The topological polar surface area (TPSA) is 121 Å². The van der Waals surface area contributed by atoms with Crippen LogP contribution in [0.25, 0.3) is 11.0 Å². The van der Waals surface area contributed by atoms with E-state index in [1.165, 1.54) is 18.3 Å². The summed E-state index contributed by atoms with van der Waals surface area (Å²) in [6, 6.07) is 7.96. The zero-order valence-corrected chi connectivity index (χ0v) is 15.2. The van der Waals surface area contributed by atoms with E-state index in [1.54, 1.807) is 32.0 Å². The number of aromatic nitrogens is 2. The first-order valence-corrected chi connectivity index (χ1v) is 8.33. The van der Waals surface area contributed by atoms with Crippen LogP contribution in [0.1, 0.15) is 11.3 Å². The van der Waals surface area contributed by atoms with Crippen molar-refractivity contribution in [3.63, 3.8) is 0 Å². The van der Waals surface area contributed by atoms with Crippen LogP contribution in [0.5, 0.6) is 5.75 Å². The lowest BCUT2D eigenvalue weighted by molar-refractivity contribution is -0.149. The van der Waals surface area contributed by atoms with Crippen molar-refractivity contribution in [2.45, 2.75) is 13.8 Å². The fourth-order valence-corrected chi connectivity index (χ4v) is 2.39. The highest BCUT2D eigenvalue weighted by Crippen LogP contribution is 2.22. The van der Waals surface area contributed by atoms with Crippen molar-refractivity contribution in [1.82, 2.24) is 9.97 Å². The molecule has 3 aromatic rings. The summed E-state index contributed by atoms with van der Waals surface area (Å²) in [5, 5.41) is 3.19. The third-order valence-corrected chi connectivity index (χ3v) is 3.69. The lowest BCUT2D eigenvalue weighted by atomic mass is 10.1. The maximum atomic E-state index is 11.8. The number of anilines is 1. The number of ether oxygens (including phenoxy) is 2. The summed E-state index contributed by atoms with van der Waals surface area (Å²) in [6.07, 6.45) is 1.50. The molecule has 0 bridgehead atoms. The predicted molar refractivity (Wildman–Crippen MR) is 99.1 cm³/mol. The standard InChI is InChI=1S/C19H17N3O6/c1-11-7-17(24)28-15-8-13(3-4-14(11)15)26-10-18(25)27-9-16(23)22-19-20-6-5-12(2)21-19/h3-8H,9-10H2,1-2H3,(H,20,21,22,23). The quantitative estimate of drug-likeness (QED) is 0.505. The number of benzene rings is 1. The molecule has 9 heteroatoms. The van der Waals surface area contributed by atoms with Gasteiger partial charge in [0, 0.05) is 29.4 Å². The highest BCUT2D eigenvalue weighted by Gasteiger charge is 2.11. The molecule has 0 spiro atoms. The van der Waals surface area contributed by atoms with Gasteiger partial charge < -0.3 is 13.9 Å². The highest BCUT2D eigenvalue weighted by atomic mass is 16.6. The Morgan fingerprint density at radius 2 is 1.96 bits per heavy atom. The van der Waals surface area contributed by atoms with Gasteiger partial charge in [-0.05, 0) is 37.6 Å². The first-order chi connectivity index (χ1) is 13.4. The summed E-state index contributed by atoms with van der Waals surface area (Å²) in [6.45, 7) is 2.65. The van der Waals surface area contributed by atoms with Crippen LogP contribution in [-0.4, -0.2) is 35.1 Å². The van der Waals surface area contributed by atoms with Crippen molar-refractivity contribution in [1.29, 1.82) is 0 Å². The first-order valence-electron chi connectivity index (χ1n) is 8.33. The predicted octanol–water partition coefficient (Wildman–Crippen LogP) is 1.76. The maximum Gasteiger partial charge on any atom is 0.344 e. The monoisotopic (exact) mass is 383 g/mol. The highest BCUT2D eigenvalue weighted by molar-refractivity contribution is 5.91. The fraction of sp³-hybridized carbons (Fsp3) is 0.211. The summed E-state index contributed by atoms with van der Waals surface area (Å²) in [4.78, 5) is 42.9.